The Morgan fingerprint density at radius 2 is 1.95 bits per heavy atom. The van der Waals surface area contributed by atoms with Crippen LogP contribution >= 0.6 is 0 Å². The first-order valence-electron chi connectivity index (χ1n) is 6.00. The van der Waals surface area contributed by atoms with Gasteiger partial charge in [-0.15, -0.1) is 0 Å². The number of nitrogens with one attached hydrogen (secondary N) is 2. The minimum atomic E-state index is -4.59. The summed E-state index contributed by atoms with van der Waals surface area (Å²) in [5.41, 5.74) is 0.399. The minimum absolute atomic E-state index is 0.00998. The van der Waals surface area contributed by atoms with Crippen molar-refractivity contribution >= 4 is 17.0 Å². The number of nitrogens with zero attached hydrogens (tertiary/aromatic N) is 3. The molecule has 0 aliphatic heterocycles. The van der Waals surface area contributed by atoms with Crippen molar-refractivity contribution < 1.29 is 13.2 Å². The molecular formula is C11H14F3N5. The lowest BCUT2D eigenvalue weighted by atomic mass is 10.2. The van der Waals surface area contributed by atoms with Gasteiger partial charge in [0.2, 0.25) is 5.82 Å². The Labute approximate surface area is 107 Å². The zero-order chi connectivity index (χ0) is 14.0. The van der Waals surface area contributed by atoms with Crippen molar-refractivity contribution in [1.82, 2.24) is 19.9 Å². The number of anilines is 1. The summed E-state index contributed by atoms with van der Waals surface area (Å²) in [6, 6.07) is 0.0579. The lowest BCUT2D eigenvalue weighted by Gasteiger charge is -2.16. The molecular weight excluding hydrogens is 259 g/mol. The summed E-state index contributed by atoms with van der Waals surface area (Å²) in [6.45, 7) is 3.91. The van der Waals surface area contributed by atoms with Gasteiger partial charge in [0.1, 0.15) is 5.52 Å². The topological polar surface area (TPSA) is 66.5 Å². The van der Waals surface area contributed by atoms with E-state index in [9.17, 15) is 13.2 Å². The van der Waals surface area contributed by atoms with Crippen molar-refractivity contribution in [2.24, 2.45) is 0 Å². The fourth-order valence-electron chi connectivity index (χ4n) is 1.75. The summed E-state index contributed by atoms with van der Waals surface area (Å²) in [5, 5.41) is 3.00. The van der Waals surface area contributed by atoms with Crippen LogP contribution in [0.4, 0.5) is 19.0 Å². The summed E-state index contributed by atoms with van der Waals surface area (Å²) in [5.74, 6) is -1.04. The van der Waals surface area contributed by atoms with Gasteiger partial charge in [-0.05, 0) is 12.8 Å². The molecule has 0 aliphatic rings. The maximum absolute atomic E-state index is 12.7. The van der Waals surface area contributed by atoms with E-state index in [-0.39, 0.29) is 17.5 Å². The number of imidazole rings is 1. The molecule has 5 nitrogen and oxygen atoms in total. The molecule has 0 saturated carbocycles. The first kappa shape index (κ1) is 13.6. The van der Waals surface area contributed by atoms with Gasteiger partial charge in [-0.3, -0.25) is 0 Å². The number of rotatable bonds is 4. The highest BCUT2D eigenvalue weighted by Crippen LogP contribution is 2.29. The van der Waals surface area contributed by atoms with Crippen LogP contribution in [0.3, 0.4) is 0 Å². The molecule has 0 amide bonds. The molecule has 0 saturated heterocycles. The molecule has 2 N–H and O–H groups in total. The Hall–Kier alpha value is -1.86. The van der Waals surface area contributed by atoms with Crippen molar-refractivity contribution in [3.05, 3.63) is 12.2 Å². The Morgan fingerprint density at radius 3 is 2.53 bits per heavy atom. The van der Waals surface area contributed by atoms with Crippen molar-refractivity contribution in [2.75, 3.05) is 5.32 Å². The van der Waals surface area contributed by atoms with Gasteiger partial charge in [0.05, 0.1) is 6.33 Å². The van der Waals surface area contributed by atoms with E-state index in [0.29, 0.717) is 5.52 Å². The Bertz CT molecular complexity index is 559. The molecule has 2 aromatic rings. The van der Waals surface area contributed by atoms with E-state index in [1.165, 1.54) is 6.33 Å². The third kappa shape index (κ3) is 2.77. The van der Waals surface area contributed by atoms with Crippen LogP contribution in [0.25, 0.3) is 11.2 Å². The number of H-pyrrole nitrogens is 1. The van der Waals surface area contributed by atoms with Crippen molar-refractivity contribution in [3.8, 4) is 0 Å². The molecule has 0 aliphatic carbocycles. The molecule has 104 valence electrons. The maximum atomic E-state index is 12.7. The van der Waals surface area contributed by atoms with Gasteiger partial charge < -0.3 is 10.3 Å². The molecule has 0 unspecified atom stereocenters. The van der Waals surface area contributed by atoms with E-state index in [4.69, 9.17) is 0 Å². The second-order valence-electron chi connectivity index (χ2n) is 4.15. The third-order valence-corrected chi connectivity index (χ3v) is 2.87. The van der Waals surface area contributed by atoms with Gasteiger partial charge in [0.25, 0.3) is 0 Å². The van der Waals surface area contributed by atoms with Crippen LogP contribution in [0.15, 0.2) is 6.33 Å². The number of halogens is 3. The van der Waals surface area contributed by atoms with E-state index in [2.05, 4.69) is 25.3 Å². The van der Waals surface area contributed by atoms with Crippen LogP contribution < -0.4 is 5.32 Å². The van der Waals surface area contributed by atoms with Crippen LogP contribution in [0.5, 0.6) is 0 Å². The quantitative estimate of drug-likeness (QED) is 0.898. The van der Waals surface area contributed by atoms with Crippen LogP contribution in [0.1, 0.15) is 32.5 Å². The first-order valence-corrected chi connectivity index (χ1v) is 6.00. The summed E-state index contributed by atoms with van der Waals surface area (Å²) in [7, 11) is 0. The number of hydrogen-bond donors (Lipinski definition) is 2. The molecule has 2 heterocycles. The van der Waals surface area contributed by atoms with Gasteiger partial charge in [-0.1, -0.05) is 13.8 Å². The molecule has 0 atom stereocenters. The van der Waals surface area contributed by atoms with Crippen LogP contribution in [0, 0.1) is 0 Å². The second-order valence-corrected chi connectivity index (χ2v) is 4.15. The standard InChI is InChI=1S/C11H14F3N5/c1-3-6(4-2)17-9-7-8(16-5-15-7)18-10(19-9)11(12,13)14/h5-6H,3-4H2,1-2H3,(H2,15,16,17,18,19). The van der Waals surface area contributed by atoms with Gasteiger partial charge in [0, 0.05) is 6.04 Å². The maximum Gasteiger partial charge on any atom is 0.451 e. The van der Waals surface area contributed by atoms with E-state index in [1.807, 2.05) is 13.8 Å². The predicted octanol–water partition coefficient (Wildman–Crippen LogP) is 2.97. The molecule has 8 heteroatoms. The Morgan fingerprint density at radius 1 is 1.26 bits per heavy atom. The molecule has 0 fully saturated rings. The van der Waals surface area contributed by atoms with Crippen LogP contribution in [-0.2, 0) is 6.18 Å². The number of aromatic nitrogens is 4. The zero-order valence-corrected chi connectivity index (χ0v) is 10.5. The number of fused-ring (bicyclic) bond motifs is 1. The molecule has 2 aromatic heterocycles. The molecule has 0 aromatic carbocycles. The monoisotopic (exact) mass is 273 g/mol. The number of hydrogen-bond acceptors (Lipinski definition) is 4. The molecule has 0 bridgehead atoms. The first-order chi connectivity index (χ1) is 8.95. The van der Waals surface area contributed by atoms with E-state index in [0.717, 1.165) is 12.8 Å². The highest BCUT2D eigenvalue weighted by Gasteiger charge is 2.36. The highest BCUT2D eigenvalue weighted by molar-refractivity contribution is 5.82. The molecule has 2 rings (SSSR count). The number of aromatic amines is 1. The van der Waals surface area contributed by atoms with Crippen LogP contribution in [0.2, 0.25) is 0 Å². The van der Waals surface area contributed by atoms with Crippen molar-refractivity contribution in [1.29, 1.82) is 0 Å². The largest absolute Gasteiger partial charge is 0.451 e. The molecule has 19 heavy (non-hydrogen) atoms. The highest BCUT2D eigenvalue weighted by atomic mass is 19.4. The van der Waals surface area contributed by atoms with Crippen molar-refractivity contribution in [3.63, 3.8) is 0 Å². The second kappa shape index (κ2) is 5.02. The van der Waals surface area contributed by atoms with Gasteiger partial charge >= 0.3 is 6.18 Å². The third-order valence-electron chi connectivity index (χ3n) is 2.87. The summed E-state index contributed by atoms with van der Waals surface area (Å²) >= 11 is 0. The lowest BCUT2D eigenvalue weighted by Crippen LogP contribution is -2.20. The van der Waals surface area contributed by atoms with Crippen LogP contribution in [-0.4, -0.2) is 26.0 Å². The fraction of sp³-hybridized carbons (Fsp3) is 0.545. The average Bonchev–Trinajstić information content (AvgIpc) is 2.82. The Balaban J connectivity index is 2.48. The minimum Gasteiger partial charge on any atom is -0.365 e. The van der Waals surface area contributed by atoms with Gasteiger partial charge in [0.15, 0.2) is 11.5 Å². The summed E-state index contributed by atoms with van der Waals surface area (Å²) in [4.78, 5) is 13.5. The van der Waals surface area contributed by atoms with E-state index in [1.54, 1.807) is 0 Å². The van der Waals surface area contributed by atoms with Crippen molar-refractivity contribution in [2.45, 2.75) is 38.9 Å². The van der Waals surface area contributed by atoms with Gasteiger partial charge in [-0.2, -0.15) is 13.2 Å². The normalized spacial score (nSPS) is 12.3. The lowest BCUT2D eigenvalue weighted by molar-refractivity contribution is -0.144. The smallest absolute Gasteiger partial charge is 0.365 e. The summed E-state index contributed by atoms with van der Waals surface area (Å²) < 4.78 is 38.1. The number of alkyl halides is 3. The fourth-order valence-corrected chi connectivity index (χ4v) is 1.75. The van der Waals surface area contributed by atoms with Gasteiger partial charge in [-0.25, -0.2) is 15.0 Å². The predicted molar refractivity (Wildman–Crippen MR) is 64.7 cm³/mol. The summed E-state index contributed by atoms with van der Waals surface area (Å²) in [6.07, 6.45) is -1.70. The SMILES string of the molecule is CCC(CC)Nc1nc(C(F)(F)F)nc2nc[nH]c12. The zero-order valence-electron chi connectivity index (χ0n) is 10.5. The average molecular weight is 273 g/mol. The van der Waals surface area contributed by atoms with E-state index < -0.39 is 12.0 Å². The Kier molecular flexibility index (Phi) is 3.59. The van der Waals surface area contributed by atoms with E-state index >= 15 is 0 Å². The molecule has 0 spiro atoms. The molecule has 0 radical (unpaired) electrons.